The number of hydrogen-bond acceptors (Lipinski definition) is 11. The van der Waals surface area contributed by atoms with Gasteiger partial charge in [0.25, 0.3) is 17.0 Å². The highest BCUT2D eigenvalue weighted by Crippen LogP contribution is 2.24. The van der Waals surface area contributed by atoms with Crippen LogP contribution >= 0.6 is 12.2 Å². The summed E-state index contributed by atoms with van der Waals surface area (Å²) in [7, 11) is 0. The van der Waals surface area contributed by atoms with E-state index in [1.807, 2.05) is 12.2 Å². The number of rotatable bonds is 0. The zero-order valence-electron chi connectivity index (χ0n) is 21.4. The minimum Gasteiger partial charge on any atom is -0.331 e. The first-order valence-electron chi connectivity index (χ1n) is 12.4. The van der Waals surface area contributed by atoms with Crippen LogP contribution in [0.25, 0.3) is 12.2 Å². The van der Waals surface area contributed by atoms with E-state index in [4.69, 9.17) is 12.2 Å². The number of aliphatic imine (C=N–C) groups is 1. The fourth-order valence-electron chi connectivity index (χ4n) is 4.20. The number of carbonyl (C=O) groups is 2. The number of hydrogen-bond donors (Lipinski definition) is 4. The molecule has 0 saturated heterocycles. The van der Waals surface area contributed by atoms with Gasteiger partial charge >= 0.3 is 0 Å². The molecule has 1 aliphatic carbocycles. The van der Waals surface area contributed by atoms with E-state index in [2.05, 4.69) is 50.2 Å². The lowest BCUT2D eigenvalue weighted by molar-refractivity contribution is -0.128. The van der Waals surface area contributed by atoms with Gasteiger partial charge in [0.15, 0.2) is 11.3 Å². The Labute approximate surface area is 234 Å². The molecule has 0 aromatic carbocycles. The van der Waals surface area contributed by atoms with Crippen molar-refractivity contribution in [1.29, 1.82) is 0 Å². The summed E-state index contributed by atoms with van der Waals surface area (Å²) in [5, 5.41) is 3.83. The Balaban J connectivity index is 0.000000110. The lowest BCUT2D eigenvalue weighted by atomic mass is 10.0. The van der Waals surface area contributed by atoms with Gasteiger partial charge in [-0.1, -0.05) is 24.4 Å². The van der Waals surface area contributed by atoms with Crippen LogP contribution in [0.1, 0.15) is 18.4 Å². The third-order valence-electron chi connectivity index (χ3n) is 6.15. The van der Waals surface area contributed by atoms with E-state index in [1.54, 1.807) is 24.7 Å². The van der Waals surface area contributed by atoms with Crippen molar-refractivity contribution in [3.63, 3.8) is 0 Å². The smallest absolute Gasteiger partial charge is 0.259 e. The Hall–Kier alpha value is -5.31. The summed E-state index contributed by atoms with van der Waals surface area (Å²) >= 11 is 4.96. The van der Waals surface area contributed by atoms with Crippen LogP contribution in [0.4, 0.5) is 5.82 Å². The Bertz CT molecular complexity index is 1990. The van der Waals surface area contributed by atoms with Crippen LogP contribution in [0.5, 0.6) is 0 Å². The molecule has 0 atom stereocenters. The molecule has 3 aromatic rings. The van der Waals surface area contributed by atoms with E-state index in [0.717, 1.165) is 29.2 Å². The first-order chi connectivity index (χ1) is 19.9. The summed E-state index contributed by atoms with van der Waals surface area (Å²) in [5.41, 5.74) is 3.54. The first kappa shape index (κ1) is 27.3. The maximum absolute atomic E-state index is 11.0. The molecule has 5 aliphatic rings. The summed E-state index contributed by atoms with van der Waals surface area (Å²) in [6.45, 7) is 1.30. The van der Waals surface area contributed by atoms with Gasteiger partial charge in [0.1, 0.15) is 10.1 Å². The summed E-state index contributed by atoms with van der Waals surface area (Å²) < 4.78 is 0.634. The lowest BCUT2D eigenvalue weighted by Crippen LogP contribution is -2.40. The second-order valence-electron chi connectivity index (χ2n) is 8.76. The number of allylic oxidation sites excluding steroid dienone is 1. The van der Waals surface area contributed by atoms with Gasteiger partial charge in [-0.05, 0) is 24.1 Å². The molecule has 2 amide bonds. The highest BCUT2D eigenvalue weighted by Gasteiger charge is 2.24. The van der Waals surface area contributed by atoms with Crippen molar-refractivity contribution in [3.05, 3.63) is 94.6 Å². The number of nitrogens with zero attached hydrogens (tertiary/aromatic N) is 6. The van der Waals surface area contributed by atoms with Gasteiger partial charge in [-0.3, -0.25) is 34.5 Å². The maximum atomic E-state index is 11.0. The molecule has 15 heteroatoms. The number of nitrogens with one attached hydrogen (secondary N) is 4. The van der Waals surface area contributed by atoms with E-state index in [-0.39, 0.29) is 22.9 Å². The Morgan fingerprint density at radius 3 is 2.37 bits per heavy atom. The molecule has 0 bridgehead atoms. The largest absolute Gasteiger partial charge is 0.331 e. The molecule has 206 valence electrons. The third kappa shape index (κ3) is 6.30. The maximum Gasteiger partial charge on any atom is 0.259 e. The zero-order valence-corrected chi connectivity index (χ0v) is 22.2. The molecule has 0 unspecified atom stereocenters. The summed E-state index contributed by atoms with van der Waals surface area (Å²) in [5.74, 6) is 0.131. The SMILES string of the molecule is O=C1CC2=C(C=CC2)C(=O)N1.O=c1[nH]cnc2c1=CCN=2.O=c1[nH]cnc2c1CC=N2.S=c1nc[nH]c2c1=CCN=2. The monoisotopic (exact) mass is 570 g/mol. The minimum absolute atomic E-state index is 0.0810. The van der Waals surface area contributed by atoms with Crippen molar-refractivity contribution in [2.24, 2.45) is 15.0 Å². The molecule has 8 rings (SSSR count). The number of fused-ring (bicyclic) bond motifs is 3. The Kier molecular flexibility index (Phi) is 8.15. The van der Waals surface area contributed by atoms with Gasteiger partial charge in [-0.25, -0.2) is 19.9 Å². The van der Waals surface area contributed by atoms with Crippen molar-refractivity contribution >= 4 is 48.2 Å². The predicted octanol–water partition coefficient (Wildman–Crippen LogP) is -1.95. The number of aromatic nitrogens is 6. The second kappa shape index (κ2) is 12.3. The minimum atomic E-state index is -0.245. The van der Waals surface area contributed by atoms with Gasteiger partial charge in [-0.2, -0.15) is 0 Å². The highest BCUT2D eigenvalue weighted by molar-refractivity contribution is 7.71. The summed E-state index contributed by atoms with van der Waals surface area (Å²) in [6, 6.07) is 0. The molecule has 0 saturated carbocycles. The molecular weight excluding hydrogens is 548 g/mol. The predicted molar refractivity (Wildman–Crippen MR) is 150 cm³/mol. The summed E-state index contributed by atoms with van der Waals surface area (Å²) in [4.78, 5) is 75.3. The number of H-pyrrole nitrogens is 3. The van der Waals surface area contributed by atoms with Crippen molar-refractivity contribution in [2.45, 2.75) is 19.3 Å². The molecular formula is C26H22N10O4S. The standard InChI is InChI=1S/C8H7NO2.2C6H5N3O.C6H5N3S/c10-7-4-5-2-1-3-6(5)8(11)9-7;3*10-6-4-1-2-7-5(4)8-3-9-6/h1,3H,2,4H2,(H,9,10,11);2-3H,1H2,(H,8,9,10);2*1,3H,2H2,(H,7,8,9,10). The van der Waals surface area contributed by atoms with Crippen molar-refractivity contribution in [1.82, 2.24) is 35.2 Å². The van der Waals surface area contributed by atoms with Gasteiger partial charge in [0.05, 0.1) is 48.1 Å². The zero-order chi connectivity index (χ0) is 28.8. The molecule has 41 heavy (non-hydrogen) atoms. The van der Waals surface area contributed by atoms with Crippen molar-refractivity contribution in [3.8, 4) is 0 Å². The van der Waals surface area contributed by atoms with Gasteiger partial charge < -0.3 is 15.0 Å². The highest BCUT2D eigenvalue weighted by atomic mass is 32.1. The number of amides is 2. The quantitative estimate of drug-likeness (QED) is 0.176. The lowest BCUT2D eigenvalue weighted by Gasteiger charge is -2.12. The number of aromatic amines is 3. The summed E-state index contributed by atoms with van der Waals surface area (Å²) in [6.07, 6.45) is 15.2. The van der Waals surface area contributed by atoms with Crippen LogP contribution < -0.4 is 37.8 Å². The van der Waals surface area contributed by atoms with Crippen LogP contribution in [-0.4, -0.2) is 61.0 Å². The molecule has 0 radical (unpaired) electrons. The van der Waals surface area contributed by atoms with E-state index in [9.17, 15) is 19.2 Å². The number of imide groups is 1. The van der Waals surface area contributed by atoms with Gasteiger partial charge in [-0.15, -0.1) is 0 Å². The van der Waals surface area contributed by atoms with Crippen LogP contribution in [0.15, 0.2) is 66.8 Å². The average Bonchev–Trinajstić information content (AvgIpc) is 3.77. The van der Waals surface area contributed by atoms with Gasteiger partial charge in [0, 0.05) is 24.6 Å². The fraction of sp³-hybridized carbons (Fsp3) is 0.192. The molecule has 0 spiro atoms. The van der Waals surface area contributed by atoms with E-state index >= 15 is 0 Å². The van der Waals surface area contributed by atoms with Crippen LogP contribution in [-0.2, 0) is 16.0 Å². The Morgan fingerprint density at radius 2 is 1.56 bits per heavy atom. The molecule has 7 heterocycles. The number of carbonyl (C=O) groups excluding carboxylic acids is 2. The van der Waals surface area contributed by atoms with E-state index in [1.165, 1.54) is 12.7 Å². The van der Waals surface area contributed by atoms with Crippen LogP contribution in [0.3, 0.4) is 0 Å². The van der Waals surface area contributed by atoms with Crippen molar-refractivity contribution < 1.29 is 9.59 Å². The second-order valence-corrected chi connectivity index (χ2v) is 9.14. The Morgan fingerprint density at radius 1 is 0.805 bits per heavy atom. The molecule has 4 aliphatic heterocycles. The first-order valence-corrected chi connectivity index (χ1v) is 12.8. The van der Waals surface area contributed by atoms with Gasteiger partial charge in [0.2, 0.25) is 5.91 Å². The van der Waals surface area contributed by atoms with E-state index < -0.39 is 0 Å². The molecule has 4 N–H and O–H groups in total. The fourth-order valence-corrected chi connectivity index (χ4v) is 4.43. The molecule has 0 fully saturated rings. The van der Waals surface area contributed by atoms with Crippen LogP contribution in [0, 0.1) is 4.64 Å². The normalized spacial score (nSPS) is 15.9. The average molecular weight is 571 g/mol. The molecule has 14 nitrogen and oxygen atoms in total. The molecule has 3 aromatic heterocycles. The van der Waals surface area contributed by atoms with E-state index in [0.29, 0.717) is 51.7 Å². The third-order valence-corrected chi connectivity index (χ3v) is 6.48. The topological polar surface area (TPSA) is 203 Å². The van der Waals surface area contributed by atoms with Crippen LogP contribution in [0.2, 0.25) is 0 Å². The van der Waals surface area contributed by atoms with Crippen molar-refractivity contribution in [2.75, 3.05) is 13.1 Å².